The summed E-state index contributed by atoms with van der Waals surface area (Å²) in [4.78, 5) is 25.4. The second-order valence-electron chi connectivity index (χ2n) is 3.21. The van der Waals surface area contributed by atoms with Gasteiger partial charge in [0.15, 0.2) is 0 Å². The maximum absolute atomic E-state index is 11.7. The molecule has 0 spiro atoms. The van der Waals surface area contributed by atoms with E-state index in [2.05, 4.69) is 20.5 Å². The van der Waals surface area contributed by atoms with E-state index in [0.717, 1.165) is 6.07 Å². The van der Waals surface area contributed by atoms with E-state index in [-0.39, 0.29) is 22.2 Å². The molecule has 0 saturated carbocycles. The molecule has 1 heterocycles. The molecular formula is C9H6ClN5O3. The van der Waals surface area contributed by atoms with Crippen LogP contribution in [0.3, 0.4) is 0 Å². The zero-order valence-electron chi connectivity index (χ0n) is 8.75. The number of aromatic nitrogens is 3. The molecule has 2 N–H and O–H groups in total. The van der Waals surface area contributed by atoms with Crippen molar-refractivity contribution in [3.05, 3.63) is 45.2 Å². The van der Waals surface area contributed by atoms with E-state index in [9.17, 15) is 14.9 Å². The Kier molecular flexibility index (Phi) is 3.20. The second kappa shape index (κ2) is 4.80. The van der Waals surface area contributed by atoms with Gasteiger partial charge in [-0.3, -0.25) is 20.2 Å². The van der Waals surface area contributed by atoms with Crippen molar-refractivity contribution >= 4 is 29.1 Å². The van der Waals surface area contributed by atoms with Gasteiger partial charge in [0.2, 0.25) is 5.95 Å². The van der Waals surface area contributed by atoms with Crippen molar-refractivity contribution in [3.8, 4) is 0 Å². The van der Waals surface area contributed by atoms with E-state index < -0.39 is 10.8 Å². The highest BCUT2D eigenvalue weighted by Gasteiger charge is 2.15. The Morgan fingerprint density at radius 2 is 2.28 bits per heavy atom. The van der Waals surface area contributed by atoms with Crippen LogP contribution in [0.5, 0.6) is 0 Å². The number of hydrogen-bond donors (Lipinski definition) is 2. The second-order valence-corrected chi connectivity index (χ2v) is 3.62. The molecule has 0 aliphatic rings. The summed E-state index contributed by atoms with van der Waals surface area (Å²) in [6.45, 7) is 0. The molecule has 0 bridgehead atoms. The molecule has 0 aliphatic carbocycles. The third-order valence-electron chi connectivity index (χ3n) is 2.05. The van der Waals surface area contributed by atoms with Crippen molar-refractivity contribution in [2.24, 2.45) is 0 Å². The van der Waals surface area contributed by atoms with E-state index in [4.69, 9.17) is 11.6 Å². The molecule has 2 aromatic rings. The Morgan fingerprint density at radius 3 is 2.83 bits per heavy atom. The van der Waals surface area contributed by atoms with Gasteiger partial charge in [0, 0.05) is 11.6 Å². The Morgan fingerprint density at radius 1 is 1.50 bits per heavy atom. The lowest BCUT2D eigenvalue weighted by molar-refractivity contribution is -0.384. The molecule has 0 saturated heterocycles. The normalized spacial score (nSPS) is 10.1. The highest BCUT2D eigenvalue weighted by Crippen LogP contribution is 2.25. The van der Waals surface area contributed by atoms with Crippen molar-refractivity contribution in [3.63, 3.8) is 0 Å². The first-order valence-electron chi connectivity index (χ1n) is 4.68. The Bertz CT molecular complexity index is 598. The van der Waals surface area contributed by atoms with Crippen molar-refractivity contribution in [2.75, 3.05) is 5.32 Å². The fourth-order valence-electron chi connectivity index (χ4n) is 1.24. The number of nitro benzene ring substituents is 1. The van der Waals surface area contributed by atoms with Gasteiger partial charge in [-0.1, -0.05) is 11.6 Å². The molecule has 0 unspecified atom stereocenters. The van der Waals surface area contributed by atoms with E-state index >= 15 is 0 Å². The summed E-state index contributed by atoms with van der Waals surface area (Å²) in [5.74, 6) is -0.321. The van der Waals surface area contributed by atoms with Crippen LogP contribution in [0.4, 0.5) is 11.6 Å². The standard InChI is InChI=1S/C9H6ClN5O3/c10-6-3-5(1-2-7(6)15(17)18)8(16)13-9-11-4-12-14-9/h1-4H,(H2,11,12,13,14,16). The number of nitrogens with one attached hydrogen (secondary N) is 2. The third-order valence-corrected chi connectivity index (χ3v) is 2.36. The summed E-state index contributed by atoms with van der Waals surface area (Å²) < 4.78 is 0. The predicted molar refractivity (Wildman–Crippen MR) is 62.4 cm³/mol. The fraction of sp³-hybridized carbons (Fsp3) is 0. The molecule has 0 fully saturated rings. The van der Waals surface area contributed by atoms with Crippen molar-refractivity contribution in [1.29, 1.82) is 0 Å². The van der Waals surface area contributed by atoms with E-state index in [1.165, 1.54) is 18.5 Å². The molecule has 92 valence electrons. The molecule has 1 aromatic carbocycles. The minimum Gasteiger partial charge on any atom is -0.291 e. The molecule has 0 aliphatic heterocycles. The van der Waals surface area contributed by atoms with Crippen LogP contribution in [-0.2, 0) is 0 Å². The number of H-pyrrole nitrogens is 1. The minimum absolute atomic E-state index is 0.106. The van der Waals surface area contributed by atoms with Gasteiger partial charge < -0.3 is 0 Å². The maximum Gasteiger partial charge on any atom is 0.287 e. The topological polar surface area (TPSA) is 114 Å². The molecular weight excluding hydrogens is 262 g/mol. The third kappa shape index (κ3) is 2.43. The highest BCUT2D eigenvalue weighted by molar-refractivity contribution is 6.33. The van der Waals surface area contributed by atoms with Crippen LogP contribution in [0.1, 0.15) is 10.4 Å². The van der Waals surface area contributed by atoms with E-state index in [1.54, 1.807) is 0 Å². The van der Waals surface area contributed by atoms with Gasteiger partial charge in [-0.2, -0.15) is 10.1 Å². The number of aromatic amines is 1. The Labute approximate surface area is 105 Å². The number of benzene rings is 1. The lowest BCUT2D eigenvalue weighted by Gasteiger charge is -2.02. The number of amides is 1. The quantitative estimate of drug-likeness (QED) is 0.648. The summed E-state index contributed by atoms with van der Waals surface area (Å²) in [5, 5.41) is 18.9. The Hall–Kier alpha value is -2.48. The van der Waals surface area contributed by atoms with Gasteiger partial charge in [0.25, 0.3) is 11.6 Å². The largest absolute Gasteiger partial charge is 0.291 e. The van der Waals surface area contributed by atoms with Crippen LogP contribution in [0.2, 0.25) is 5.02 Å². The van der Waals surface area contributed by atoms with E-state index in [0.29, 0.717) is 0 Å². The van der Waals surface area contributed by atoms with Gasteiger partial charge >= 0.3 is 0 Å². The summed E-state index contributed by atoms with van der Waals surface area (Å²) in [5.41, 5.74) is -0.0742. The van der Waals surface area contributed by atoms with Crippen LogP contribution >= 0.6 is 11.6 Å². The number of rotatable bonds is 3. The SMILES string of the molecule is O=C(Nc1ncn[nH]1)c1ccc([N+](=O)[O-])c(Cl)c1. The predicted octanol–water partition coefficient (Wildman–Crippen LogP) is 1.62. The lowest BCUT2D eigenvalue weighted by atomic mass is 10.2. The summed E-state index contributed by atoms with van der Waals surface area (Å²) >= 11 is 5.69. The minimum atomic E-state index is -0.625. The van der Waals surface area contributed by atoms with Crippen molar-refractivity contribution in [1.82, 2.24) is 15.2 Å². The van der Waals surface area contributed by atoms with Crippen molar-refractivity contribution in [2.45, 2.75) is 0 Å². The van der Waals surface area contributed by atoms with Crippen LogP contribution < -0.4 is 5.32 Å². The van der Waals surface area contributed by atoms with E-state index in [1.807, 2.05) is 0 Å². The molecule has 0 atom stereocenters. The average molecular weight is 268 g/mol. The number of halogens is 1. The number of anilines is 1. The monoisotopic (exact) mass is 267 g/mol. The van der Waals surface area contributed by atoms with Crippen LogP contribution in [-0.4, -0.2) is 26.0 Å². The molecule has 0 radical (unpaired) electrons. The zero-order chi connectivity index (χ0) is 13.1. The van der Waals surface area contributed by atoms with Crippen LogP contribution in [0, 0.1) is 10.1 Å². The van der Waals surface area contributed by atoms with Crippen LogP contribution in [0.25, 0.3) is 0 Å². The summed E-state index contributed by atoms with van der Waals surface area (Å²) in [6.07, 6.45) is 1.23. The average Bonchev–Trinajstić information content (AvgIpc) is 2.81. The maximum atomic E-state index is 11.7. The fourth-order valence-corrected chi connectivity index (χ4v) is 1.49. The first-order chi connectivity index (χ1) is 8.58. The summed E-state index contributed by atoms with van der Waals surface area (Å²) in [6, 6.07) is 3.68. The van der Waals surface area contributed by atoms with Crippen LogP contribution in [0.15, 0.2) is 24.5 Å². The first-order valence-corrected chi connectivity index (χ1v) is 5.06. The highest BCUT2D eigenvalue weighted by atomic mass is 35.5. The summed E-state index contributed by atoms with van der Waals surface area (Å²) in [7, 11) is 0. The number of nitrogens with zero attached hydrogens (tertiary/aromatic N) is 3. The number of nitro groups is 1. The number of hydrogen-bond acceptors (Lipinski definition) is 5. The molecule has 8 nitrogen and oxygen atoms in total. The smallest absolute Gasteiger partial charge is 0.287 e. The van der Waals surface area contributed by atoms with Gasteiger partial charge in [0.05, 0.1) is 4.92 Å². The number of carbonyl (C=O) groups excluding carboxylic acids is 1. The first kappa shape index (κ1) is 12.0. The van der Waals surface area contributed by atoms with Gasteiger partial charge in [0.1, 0.15) is 11.3 Å². The molecule has 1 amide bonds. The molecule has 18 heavy (non-hydrogen) atoms. The molecule has 1 aromatic heterocycles. The van der Waals surface area contributed by atoms with Crippen molar-refractivity contribution < 1.29 is 9.72 Å². The number of carbonyl (C=O) groups is 1. The zero-order valence-corrected chi connectivity index (χ0v) is 9.51. The van der Waals surface area contributed by atoms with Gasteiger partial charge in [-0.15, -0.1) is 0 Å². The van der Waals surface area contributed by atoms with Gasteiger partial charge in [-0.25, -0.2) is 5.10 Å². The lowest BCUT2D eigenvalue weighted by Crippen LogP contribution is -2.13. The molecule has 9 heteroatoms. The Balaban J connectivity index is 2.21. The molecule has 2 rings (SSSR count). The van der Waals surface area contributed by atoms with Gasteiger partial charge in [-0.05, 0) is 12.1 Å².